The van der Waals surface area contributed by atoms with Gasteiger partial charge < -0.3 is 4.74 Å². The zero-order valence-electron chi connectivity index (χ0n) is 11.1. The summed E-state index contributed by atoms with van der Waals surface area (Å²) in [6.45, 7) is 0.726. The minimum absolute atomic E-state index is 0.278. The maximum atomic E-state index is 13.7. The van der Waals surface area contributed by atoms with Crippen molar-refractivity contribution in [2.45, 2.75) is 44.3 Å². The minimum atomic E-state index is -0.319. The lowest BCUT2D eigenvalue weighted by Gasteiger charge is -2.33. The molecule has 0 aliphatic carbocycles. The second-order valence-corrected chi connectivity index (χ2v) is 5.47. The van der Waals surface area contributed by atoms with E-state index in [-0.39, 0.29) is 11.6 Å². The third kappa shape index (κ3) is 2.37. The molecule has 3 nitrogen and oxygen atoms in total. The molecular weight excluding hydrogens is 245 g/mol. The van der Waals surface area contributed by atoms with E-state index in [1.807, 2.05) is 6.07 Å². The molecule has 0 radical (unpaired) electrons. The summed E-state index contributed by atoms with van der Waals surface area (Å²) in [5, 5.41) is 0. The van der Waals surface area contributed by atoms with Crippen molar-refractivity contribution >= 4 is 5.78 Å². The Hall–Kier alpha value is -1.42. The van der Waals surface area contributed by atoms with Gasteiger partial charge in [-0.05, 0) is 30.5 Å². The number of halogens is 1. The smallest absolute Gasteiger partial charge is 0.165 e. The van der Waals surface area contributed by atoms with E-state index < -0.39 is 0 Å². The number of ether oxygens (including phenoxy) is 1. The fourth-order valence-corrected chi connectivity index (χ4v) is 3.34. The van der Waals surface area contributed by atoms with E-state index in [1.54, 1.807) is 6.07 Å². The Kier molecular flexibility index (Phi) is 3.27. The molecule has 0 saturated carbocycles. The van der Waals surface area contributed by atoms with Crippen LogP contribution in [0.4, 0.5) is 4.39 Å². The Morgan fingerprint density at radius 1 is 1.32 bits per heavy atom. The van der Waals surface area contributed by atoms with Gasteiger partial charge in [0.1, 0.15) is 5.78 Å². The number of carbonyl (C=O) groups is 1. The molecule has 2 heterocycles. The van der Waals surface area contributed by atoms with Crippen LogP contribution in [-0.2, 0) is 11.3 Å². The molecule has 0 amide bonds. The van der Waals surface area contributed by atoms with Gasteiger partial charge in [0.05, 0.1) is 7.11 Å². The number of ketones is 1. The van der Waals surface area contributed by atoms with Gasteiger partial charge in [0.25, 0.3) is 0 Å². The number of carbonyl (C=O) groups excluding carboxylic acids is 1. The molecule has 0 spiro atoms. The van der Waals surface area contributed by atoms with Crippen molar-refractivity contribution < 1.29 is 13.9 Å². The Morgan fingerprint density at radius 3 is 2.58 bits per heavy atom. The first-order valence-electron chi connectivity index (χ1n) is 6.77. The summed E-state index contributed by atoms with van der Waals surface area (Å²) in [4.78, 5) is 13.9. The zero-order valence-corrected chi connectivity index (χ0v) is 11.1. The molecule has 0 aromatic heterocycles. The molecule has 2 fully saturated rings. The molecule has 3 rings (SSSR count). The van der Waals surface area contributed by atoms with Crippen molar-refractivity contribution in [1.29, 1.82) is 0 Å². The lowest BCUT2D eigenvalue weighted by molar-refractivity contribution is -0.123. The minimum Gasteiger partial charge on any atom is -0.494 e. The molecule has 1 aromatic rings. The second kappa shape index (κ2) is 4.93. The van der Waals surface area contributed by atoms with Crippen LogP contribution in [0.5, 0.6) is 5.75 Å². The van der Waals surface area contributed by atoms with Gasteiger partial charge in [0.15, 0.2) is 11.6 Å². The van der Waals surface area contributed by atoms with E-state index in [4.69, 9.17) is 4.74 Å². The molecule has 2 saturated heterocycles. The normalized spacial score (nSPS) is 26.7. The number of Topliss-reactive ketones (excluding diaryl/α,β-unsaturated/α-hetero) is 1. The highest BCUT2D eigenvalue weighted by atomic mass is 19.1. The molecule has 2 aliphatic rings. The Morgan fingerprint density at radius 2 is 2.00 bits per heavy atom. The SMILES string of the molecule is COc1ccc(CN2C3CCC2CC(=O)C3)cc1F. The van der Waals surface area contributed by atoms with Crippen molar-refractivity contribution in [1.82, 2.24) is 4.90 Å². The Balaban J connectivity index is 1.75. The van der Waals surface area contributed by atoms with Crippen molar-refractivity contribution in [2.75, 3.05) is 7.11 Å². The molecule has 19 heavy (non-hydrogen) atoms. The summed E-state index contributed by atoms with van der Waals surface area (Å²) in [6.07, 6.45) is 3.51. The van der Waals surface area contributed by atoms with E-state index >= 15 is 0 Å². The first kappa shape index (κ1) is 12.6. The average Bonchev–Trinajstić information content (AvgIpc) is 2.62. The topological polar surface area (TPSA) is 29.5 Å². The van der Waals surface area contributed by atoms with Gasteiger partial charge in [0, 0.05) is 31.5 Å². The molecule has 4 heteroatoms. The van der Waals surface area contributed by atoms with Gasteiger partial charge in [0.2, 0.25) is 0 Å². The number of hydrogen-bond donors (Lipinski definition) is 0. The van der Waals surface area contributed by atoms with Crippen LogP contribution in [0.15, 0.2) is 18.2 Å². The number of piperidine rings is 1. The van der Waals surface area contributed by atoms with Crippen LogP contribution in [0.2, 0.25) is 0 Å². The Bertz CT molecular complexity index is 487. The molecule has 102 valence electrons. The lowest BCUT2D eigenvalue weighted by atomic mass is 10.0. The average molecular weight is 263 g/mol. The molecule has 2 bridgehead atoms. The molecule has 2 aliphatic heterocycles. The predicted octanol–water partition coefficient (Wildman–Crippen LogP) is 2.53. The molecular formula is C15H18FNO2. The zero-order chi connectivity index (χ0) is 13.4. The summed E-state index contributed by atoms with van der Waals surface area (Å²) >= 11 is 0. The highest BCUT2D eigenvalue weighted by Crippen LogP contribution is 2.35. The summed E-state index contributed by atoms with van der Waals surface area (Å²) in [7, 11) is 1.47. The third-order valence-corrected chi connectivity index (χ3v) is 4.28. The predicted molar refractivity (Wildman–Crippen MR) is 69.5 cm³/mol. The fraction of sp³-hybridized carbons (Fsp3) is 0.533. The van der Waals surface area contributed by atoms with Crippen molar-refractivity contribution in [3.63, 3.8) is 0 Å². The van der Waals surface area contributed by atoms with Gasteiger partial charge in [-0.2, -0.15) is 0 Å². The van der Waals surface area contributed by atoms with Crippen molar-refractivity contribution in [2.24, 2.45) is 0 Å². The monoisotopic (exact) mass is 263 g/mol. The van der Waals surface area contributed by atoms with Gasteiger partial charge in [-0.1, -0.05) is 6.07 Å². The first-order chi connectivity index (χ1) is 9.17. The number of rotatable bonds is 3. The van der Waals surface area contributed by atoms with Gasteiger partial charge in [-0.3, -0.25) is 9.69 Å². The first-order valence-corrected chi connectivity index (χ1v) is 6.77. The van der Waals surface area contributed by atoms with E-state index in [9.17, 15) is 9.18 Å². The largest absolute Gasteiger partial charge is 0.494 e. The summed E-state index contributed by atoms with van der Waals surface area (Å²) < 4.78 is 18.6. The molecule has 1 aromatic carbocycles. The van der Waals surface area contributed by atoms with Crippen LogP contribution in [0.3, 0.4) is 0 Å². The summed E-state index contributed by atoms with van der Waals surface area (Å²) in [6, 6.07) is 5.82. The quantitative estimate of drug-likeness (QED) is 0.839. The van der Waals surface area contributed by atoms with Gasteiger partial charge in [-0.15, -0.1) is 0 Å². The van der Waals surface area contributed by atoms with Gasteiger partial charge >= 0.3 is 0 Å². The molecule has 0 N–H and O–H groups in total. The number of nitrogens with zero attached hydrogens (tertiary/aromatic N) is 1. The lowest BCUT2D eigenvalue weighted by Crippen LogP contribution is -2.42. The van der Waals surface area contributed by atoms with E-state index in [0.29, 0.717) is 30.7 Å². The number of methoxy groups -OCH3 is 1. The van der Waals surface area contributed by atoms with Gasteiger partial charge in [-0.25, -0.2) is 4.39 Å². The molecule has 2 atom stereocenters. The van der Waals surface area contributed by atoms with E-state index in [1.165, 1.54) is 13.2 Å². The standard InChI is InChI=1S/C15H18FNO2/c1-19-15-5-2-10(6-14(15)16)9-17-11-3-4-12(17)8-13(18)7-11/h2,5-6,11-12H,3-4,7-9H2,1H3. The highest BCUT2D eigenvalue weighted by Gasteiger charge is 2.39. The van der Waals surface area contributed by atoms with Crippen LogP contribution in [0.1, 0.15) is 31.2 Å². The number of fused-ring (bicyclic) bond motifs is 2. The summed E-state index contributed by atoms with van der Waals surface area (Å²) in [5.41, 5.74) is 0.949. The molecule has 2 unspecified atom stereocenters. The van der Waals surface area contributed by atoms with Crippen LogP contribution < -0.4 is 4.74 Å². The second-order valence-electron chi connectivity index (χ2n) is 5.47. The fourth-order valence-electron chi connectivity index (χ4n) is 3.34. The summed E-state index contributed by atoms with van der Waals surface area (Å²) in [5.74, 6) is 0.339. The van der Waals surface area contributed by atoms with E-state index in [2.05, 4.69) is 4.90 Å². The Labute approximate surface area is 112 Å². The van der Waals surface area contributed by atoms with Crippen molar-refractivity contribution in [3.05, 3.63) is 29.6 Å². The highest BCUT2D eigenvalue weighted by molar-refractivity contribution is 5.80. The van der Waals surface area contributed by atoms with Crippen LogP contribution >= 0.6 is 0 Å². The van der Waals surface area contributed by atoms with Crippen molar-refractivity contribution in [3.8, 4) is 5.75 Å². The number of hydrogen-bond acceptors (Lipinski definition) is 3. The van der Waals surface area contributed by atoms with Crippen LogP contribution in [-0.4, -0.2) is 29.9 Å². The maximum Gasteiger partial charge on any atom is 0.165 e. The van der Waals surface area contributed by atoms with Crippen LogP contribution in [0, 0.1) is 5.82 Å². The maximum absolute atomic E-state index is 13.7. The van der Waals surface area contributed by atoms with E-state index in [0.717, 1.165) is 24.9 Å². The number of benzene rings is 1. The van der Waals surface area contributed by atoms with Crippen LogP contribution in [0.25, 0.3) is 0 Å². The third-order valence-electron chi connectivity index (χ3n) is 4.28.